The molecule has 0 bridgehead atoms. The number of methoxy groups -OCH3 is 2. The molecule has 2 aromatic carbocycles. The molecule has 1 aliphatic heterocycles. The second-order valence-corrected chi connectivity index (χ2v) is 8.54. The molecule has 1 N–H and O–H groups in total. The lowest BCUT2D eigenvalue weighted by atomic mass is 10.2. The number of anilines is 1. The number of rotatable bonds is 6. The summed E-state index contributed by atoms with van der Waals surface area (Å²) >= 11 is 0. The van der Waals surface area contributed by atoms with E-state index in [1.165, 1.54) is 18.5 Å². The molecule has 1 aliphatic rings. The van der Waals surface area contributed by atoms with Crippen molar-refractivity contribution in [3.05, 3.63) is 48.0 Å². The summed E-state index contributed by atoms with van der Waals surface area (Å²) in [6.07, 6.45) is 1.11. The Balaban J connectivity index is 1.80. The molecule has 1 fully saturated rings. The molecular formula is C20H24N2O5S. The molecule has 0 unspecified atom stereocenters. The summed E-state index contributed by atoms with van der Waals surface area (Å²) in [7, 11) is -0.697. The molecule has 28 heavy (non-hydrogen) atoms. The van der Waals surface area contributed by atoms with Gasteiger partial charge in [-0.25, -0.2) is 8.42 Å². The zero-order chi connectivity index (χ0) is 20.3. The van der Waals surface area contributed by atoms with Crippen molar-refractivity contribution >= 4 is 21.6 Å². The first-order valence-corrected chi connectivity index (χ1v) is 10.4. The topological polar surface area (TPSA) is 84.9 Å². The van der Waals surface area contributed by atoms with Crippen LogP contribution in [-0.4, -0.2) is 45.4 Å². The number of ether oxygens (including phenoxy) is 2. The van der Waals surface area contributed by atoms with Gasteiger partial charge in [-0.05, 0) is 44.0 Å². The van der Waals surface area contributed by atoms with Gasteiger partial charge in [0, 0.05) is 18.3 Å². The molecule has 1 saturated heterocycles. The zero-order valence-corrected chi connectivity index (χ0v) is 17.0. The van der Waals surface area contributed by atoms with E-state index in [1.54, 1.807) is 42.5 Å². The highest BCUT2D eigenvalue weighted by Crippen LogP contribution is 2.31. The normalized spacial score (nSPS) is 17.3. The van der Waals surface area contributed by atoms with E-state index in [9.17, 15) is 13.2 Å². The fourth-order valence-corrected chi connectivity index (χ4v) is 4.93. The SMILES string of the molecule is COc1ccc(NC(=O)[C@@H]2CCCN2S(=O)(=O)c2ccc(C)cc2)cc1OC. The Labute approximate surface area is 165 Å². The van der Waals surface area contributed by atoms with E-state index in [-0.39, 0.29) is 10.8 Å². The van der Waals surface area contributed by atoms with E-state index in [4.69, 9.17) is 9.47 Å². The maximum absolute atomic E-state index is 13.0. The van der Waals surface area contributed by atoms with Crippen LogP contribution in [0.25, 0.3) is 0 Å². The van der Waals surface area contributed by atoms with Gasteiger partial charge in [-0.3, -0.25) is 4.79 Å². The quantitative estimate of drug-likeness (QED) is 0.800. The summed E-state index contributed by atoms with van der Waals surface area (Å²) in [5.74, 6) is 0.668. The van der Waals surface area contributed by atoms with Crippen molar-refractivity contribution in [2.24, 2.45) is 0 Å². The molecule has 150 valence electrons. The molecule has 0 spiro atoms. The van der Waals surface area contributed by atoms with Crippen LogP contribution in [0.4, 0.5) is 5.69 Å². The van der Waals surface area contributed by atoms with Gasteiger partial charge in [-0.2, -0.15) is 4.31 Å². The van der Waals surface area contributed by atoms with E-state index in [0.717, 1.165) is 5.56 Å². The fraction of sp³-hybridized carbons (Fsp3) is 0.350. The van der Waals surface area contributed by atoms with Crippen molar-refractivity contribution < 1.29 is 22.7 Å². The summed E-state index contributed by atoms with van der Waals surface area (Å²) in [6, 6.07) is 10.9. The van der Waals surface area contributed by atoms with Crippen LogP contribution in [0, 0.1) is 6.92 Å². The van der Waals surface area contributed by atoms with Crippen LogP contribution in [0.5, 0.6) is 11.5 Å². The van der Waals surface area contributed by atoms with Crippen molar-refractivity contribution in [3.8, 4) is 11.5 Å². The number of hydrogen-bond acceptors (Lipinski definition) is 5. The first kappa shape index (κ1) is 20.2. The molecular weight excluding hydrogens is 380 g/mol. The predicted molar refractivity (Wildman–Crippen MR) is 106 cm³/mol. The van der Waals surface area contributed by atoms with Gasteiger partial charge in [0.15, 0.2) is 11.5 Å². The van der Waals surface area contributed by atoms with Gasteiger partial charge in [0.1, 0.15) is 6.04 Å². The Morgan fingerprint density at radius 1 is 1.07 bits per heavy atom. The van der Waals surface area contributed by atoms with Crippen molar-refractivity contribution in [2.45, 2.75) is 30.7 Å². The van der Waals surface area contributed by atoms with Crippen LogP contribution >= 0.6 is 0 Å². The minimum absolute atomic E-state index is 0.198. The Kier molecular flexibility index (Phi) is 5.90. The van der Waals surface area contributed by atoms with Crippen LogP contribution in [0.3, 0.4) is 0 Å². The van der Waals surface area contributed by atoms with Crippen LogP contribution in [-0.2, 0) is 14.8 Å². The van der Waals surface area contributed by atoms with E-state index in [2.05, 4.69) is 5.32 Å². The van der Waals surface area contributed by atoms with Crippen molar-refractivity contribution in [3.63, 3.8) is 0 Å². The molecule has 0 aromatic heterocycles. The number of carbonyl (C=O) groups is 1. The molecule has 0 saturated carbocycles. The average molecular weight is 404 g/mol. The van der Waals surface area contributed by atoms with Gasteiger partial charge in [-0.1, -0.05) is 17.7 Å². The van der Waals surface area contributed by atoms with Crippen molar-refractivity contribution in [1.29, 1.82) is 0 Å². The lowest BCUT2D eigenvalue weighted by Gasteiger charge is -2.23. The largest absolute Gasteiger partial charge is 0.493 e. The standard InChI is InChI=1S/C20H24N2O5S/c1-14-6-9-16(10-7-14)28(24,25)22-12-4-5-17(22)20(23)21-15-8-11-18(26-2)19(13-15)27-3/h6-11,13,17H,4-5,12H2,1-3H3,(H,21,23)/t17-/m0/s1. The minimum Gasteiger partial charge on any atom is -0.493 e. The number of hydrogen-bond donors (Lipinski definition) is 1. The van der Waals surface area contributed by atoms with Gasteiger partial charge >= 0.3 is 0 Å². The van der Waals surface area contributed by atoms with Crippen LogP contribution < -0.4 is 14.8 Å². The lowest BCUT2D eigenvalue weighted by molar-refractivity contribution is -0.119. The molecule has 8 heteroatoms. The first-order chi connectivity index (χ1) is 13.4. The van der Waals surface area contributed by atoms with E-state index >= 15 is 0 Å². The number of benzene rings is 2. The second kappa shape index (κ2) is 8.20. The number of carbonyl (C=O) groups excluding carboxylic acids is 1. The first-order valence-electron chi connectivity index (χ1n) is 8.98. The summed E-state index contributed by atoms with van der Waals surface area (Å²) in [5, 5.41) is 2.79. The molecule has 7 nitrogen and oxygen atoms in total. The van der Waals surface area contributed by atoms with Gasteiger partial charge in [0.2, 0.25) is 15.9 Å². The van der Waals surface area contributed by atoms with Crippen molar-refractivity contribution in [2.75, 3.05) is 26.1 Å². The smallest absolute Gasteiger partial charge is 0.243 e. The Hall–Kier alpha value is -2.58. The number of nitrogens with one attached hydrogen (secondary N) is 1. The molecule has 0 radical (unpaired) electrons. The van der Waals surface area contributed by atoms with E-state index in [1.807, 2.05) is 6.92 Å². The fourth-order valence-electron chi connectivity index (χ4n) is 3.28. The van der Waals surface area contributed by atoms with E-state index in [0.29, 0.717) is 36.6 Å². The predicted octanol–water partition coefficient (Wildman–Crippen LogP) is 2.80. The highest BCUT2D eigenvalue weighted by Gasteiger charge is 2.39. The highest BCUT2D eigenvalue weighted by molar-refractivity contribution is 7.89. The third-order valence-corrected chi connectivity index (χ3v) is 6.71. The Morgan fingerprint density at radius 3 is 2.39 bits per heavy atom. The summed E-state index contributed by atoms with van der Waals surface area (Å²) < 4.78 is 37.7. The summed E-state index contributed by atoms with van der Waals surface area (Å²) in [6.45, 7) is 2.21. The second-order valence-electron chi connectivity index (χ2n) is 6.65. The van der Waals surface area contributed by atoms with E-state index < -0.39 is 16.1 Å². The lowest BCUT2D eigenvalue weighted by Crippen LogP contribution is -2.43. The van der Waals surface area contributed by atoms with Crippen molar-refractivity contribution in [1.82, 2.24) is 4.31 Å². The maximum atomic E-state index is 13.0. The molecule has 0 aliphatic carbocycles. The van der Waals surface area contributed by atoms with Gasteiger partial charge in [-0.15, -0.1) is 0 Å². The monoisotopic (exact) mass is 404 g/mol. The Morgan fingerprint density at radius 2 is 1.75 bits per heavy atom. The van der Waals surface area contributed by atoms with Crippen LogP contribution in [0.1, 0.15) is 18.4 Å². The van der Waals surface area contributed by atoms with Gasteiger partial charge < -0.3 is 14.8 Å². The summed E-state index contributed by atoms with van der Waals surface area (Å²) in [5.41, 5.74) is 1.49. The Bertz CT molecular complexity index is 957. The molecule has 1 heterocycles. The molecule has 1 atom stereocenters. The highest BCUT2D eigenvalue weighted by atomic mass is 32.2. The van der Waals surface area contributed by atoms with Gasteiger partial charge in [0.25, 0.3) is 0 Å². The van der Waals surface area contributed by atoms with Gasteiger partial charge in [0.05, 0.1) is 19.1 Å². The summed E-state index contributed by atoms with van der Waals surface area (Å²) in [4.78, 5) is 13.0. The molecule has 3 rings (SSSR count). The van der Waals surface area contributed by atoms with Crippen LogP contribution in [0.2, 0.25) is 0 Å². The van der Waals surface area contributed by atoms with Crippen LogP contribution in [0.15, 0.2) is 47.4 Å². The molecule has 2 aromatic rings. The third kappa shape index (κ3) is 3.98. The minimum atomic E-state index is -3.74. The number of amides is 1. The maximum Gasteiger partial charge on any atom is 0.243 e. The third-order valence-electron chi connectivity index (χ3n) is 4.78. The number of nitrogens with zero attached hydrogens (tertiary/aromatic N) is 1. The average Bonchev–Trinajstić information content (AvgIpc) is 3.19. The number of sulfonamides is 1. The zero-order valence-electron chi connectivity index (χ0n) is 16.1. The molecule has 1 amide bonds. The number of aryl methyl sites for hydroxylation is 1.